The zero-order valence-corrected chi connectivity index (χ0v) is 19.9. The van der Waals surface area contributed by atoms with E-state index in [0.717, 1.165) is 54.5 Å². The molecule has 1 amide bonds. The number of aliphatic hydroxyl groups excluding tert-OH is 1. The SMILES string of the molecule is Cc1cccc(C2/C(=C(/O)c3ccc(OC(C)C)c(C)c3)C(=O)C(=O)N2C2CCCCC2)c1. The molecule has 33 heavy (non-hydrogen) atoms. The van der Waals surface area contributed by atoms with Crippen LogP contribution in [0.15, 0.2) is 48.0 Å². The van der Waals surface area contributed by atoms with E-state index in [4.69, 9.17) is 4.74 Å². The Hall–Kier alpha value is -3.08. The Kier molecular flexibility index (Phi) is 6.59. The number of amides is 1. The minimum Gasteiger partial charge on any atom is -0.507 e. The molecule has 1 aliphatic heterocycles. The molecule has 1 saturated heterocycles. The molecule has 1 unspecified atom stereocenters. The van der Waals surface area contributed by atoms with Crippen LogP contribution in [-0.2, 0) is 9.59 Å². The van der Waals surface area contributed by atoms with E-state index in [-0.39, 0.29) is 23.5 Å². The second kappa shape index (κ2) is 9.42. The normalized spacial score (nSPS) is 21.1. The quantitative estimate of drug-likeness (QED) is 0.355. The Morgan fingerprint density at radius 1 is 1.03 bits per heavy atom. The number of Topliss-reactive ketones (excluding diaryl/α,β-unsaturated/α-hetero) is 1. The topological polar surface area (TPSA) is 66.8 Å². The molecule has 1 atom stereocenters. The molecular weight excluding hydrogens is 414 g/mol. The van der Waals surface area contributed by atoms with E-state index < -0.39 is 17.7 Å². The number of ether oxygens (including phenoxy) is 1. The number of carbonyl (C=O) groups excluding carboxylic acids is 2. The first-order chi connectivity index (χ1) is 15.8. The fourth-order valence-corrected chi connectivity index (χ4v) is 5.09. The summed E-state index contributed by atoms with van der Waals surface area (Å²) in [5.74, 6) is -0.506. The minimum absolute atomic E-state index is 0.00886. The zero-order chi connectivity index (χ0) is 23.7. The van der Waals surface area contributed by atoms with Gasteiger partial charge in [0, 0.05) is 11.6 Å². The molecule has 174 valence electrons. The van der Waals surface area contributed by atoms with E-state index in [1.165, 1.54) is 0 Å². The van der Waals surface area contributed by atoms with Crippen LogP contribution in [0.25, 0.3) is 5.76 Å². The van der Waals surface area contributed by atoms with Gasteiger partial charge in [-0.1, -0.05) is 49.1 Å². The van der Waals surface area contributed by atoms with Crippen molar-refractivity contribution < 1.29 is 19.4 Å². The highest BCUT2D eigenvalue weighted by Crippen LogP contribution is 2.43. The highest BCUT2D eigenvalue weighted by atomic mass is 16.5. The Morgan fingerprint density at radius 3 is 2.39 bits per heavy atom. The molecule has 0 radical (unpaired) electrons. The van der Waals surface area contributed by atoms with Crippen molar-refractivity contribution in [1.82, 2.24) is 4.90 Å². The lowest BCUT2D eigenvalue weighted by Crippen LogP contribution is -2.40. The fourth-order valence-electron chi connectivity index (χ4n) is 5.09. The number of benzene rings is 2. The average molecular weight is 448 g/mol. The van der Waals surface area contributed by atoms with Crippen LogP contribution in [0.5, 0.6) is 5.75 Å². The van der Waals surface area contributed by atoms with E-state index in [0.29, 0.717) is 5.56 Å². The number of likely N-dealkylation sites (tertiary alicyclic amines) is 1. The molecule has 4 rings (SSSR count). The van der Waals surface area contributed by atoms with Crippen molar-refractivity contribution in [2.75, 3.05) is 0 Å². The van der Waals surface area contributed by atoms with Gasteiger partial charge in [-0.05, 0) is 69.9 Å². The number of carbonyl (C=O) groups is 2. The summed E-state index contributed by atoms with van der Waals surface area (Å²) < 4.78 is 5.82. The summed E-state index contributed by atoms with van der Waals surface area (Å²) in [6.07, 6.45) is 5.05. The molecule has 2 aliphatic rings. The lowest BCUT2D eigenvalue weighted by molar-refractivity contribution is -0.141. The first-order valence-electron chi connectivity index (χ1n) is 11.9. The first kappa shape index (κ1) is 23.1. The molecule has 5 heteroatoms. The van der Waals surface area contributed by atoms with Gasteiger partial charge in [-0.25, -0.2) is 0 Å². The maximum Gasteiger partial charge on any atom is 0.295 e. The van der Waals surface area contributed by atoms with Gasteiger partial charge in [0.15, 0.2) is 0 Å². The minimum atomic E-state index is -0.607. The van der Waals surface area contributed by atoms with Crippen LogP contribution in [0.2, 0.25) is 0 Å². The van der Waals surface area contributed by atoms with E-state index in [1.807, 2.05) is 64.1 Å². The molecule has 1 aliphatic carbocycles. The second-order valence-electron chi connectivity index (χ2n) is 9.56. The number of rotatable bonds is 5. The van der Waals surface area contributed by atoms with Crippen molar-refractivity contribution in [3.05, 3.63) is 70.3 Å². The van der Waals surface area contributed by atoms with Crippen LogP contribution in [0, 0.1) is 13.8 Å². The third-order valence-corrected chi connectivity index (χ3v) is 6.62. The lowest BCUT2D eigenvalue weighted by Gasteiger charge is -2.35. The largest absolute Gasteiger partial charge is 0.507 e. The summed E-state index contributed by atoms with van der Waals surface area (Å²) in [4.78, 5) is 28.3. The van der Waals surface area contributed by atoms with Crippen molar-refractivity contribution in [3.63, 3.8) is 0 Å². The van der Waals surface area contributed by atoms with Crippen molar-refractivity contribution in [2.45, 2.75) is 78.0 Å². The van der Waals surface area contributed by atoms with Crippen LogP contribution in [0.4, 0.5) is 0 Å². The molecule has 1 saturated carbocycles. The van der Waals surface area contributed by atoms with Gasteiger partial charge in [0.25, 0.3) is 11.7 Å². The Morgan fingerprint density at radius 2 is 1.76 bits per heavy atom. The van der Waals surface area contributed by atoms with E-state index in [2.05, 4.69) is 0 Å². The fraction of sp³-hybridized carbons (Fsp3) is 0.429. The monoisotopic (exact) mass is 447 g/mol. The first-order valence-corrected chi connectivity index (χ1v) is 11.9. The van der Waals surface area contributed by atoms with Crippen LogP contribution < -0.4 is 4.74 Å². The van der Waals surface area contributed by atoms with Gasteiger partial charge in [0.1, 0.15) is 11.5 Å². The predicted octanol–water partition coefficient (Wildman–Crippen LogP) is 5.85. The van der Waals surface area contributed by atoms with Crippen LogP contribution >= 0.6 is 0 Å². The van der Waals surface area contributed by atoms with Crippen molar-refractivity contribution in [2.24, 2.45) is 0 Å². The van der Waals surface area contributed by atoms with E-state index >= 15 is 0 Å². The summed E-state index contributed by atoms with van der Waals surface area (Å²) in [5.41, 5.74) is 3.46. The standard InChI is InChI=1S/C28H33NO4/c1-17(2)33-23-14-13-21(16-19(23)4)26(30)24-25(20-10-8-9-18(3)15-20)29(28(32)27(24)31)22-11-6-5-7-12-22/h8-10,13-17,22,25,30H,5-7,11-12H2,1-4H3/b26-24-. The molecule has 0 spiro atoms. The van der Waals surface area contributed by atoms with Gasteiger partial charge in [-0.3, -0.25) is 9.59 Å². The number of nitrogens with zero attached hydrogens (tertiary/aromatic N) is 1. The molecular formula is C28H33NO4. The van der Waals surface area contributed by atoms with Gasteiger partial charge in [0.2, 0.25) is 0 Å². The van der Waals surface area contributed by atoms with Gasteiger partial charge >= 0.3 is 0 Å². The molecule has 0 bridgehead atoms. The third kappa shape index (κ3) is 4.54. The molecule has 2 aromatic carbocycles. The summed E-state index contributed by atoms with van der Waals surface area (Å²) >= 11 is 0. The molecule has 0 aromatic heterocycles. The Bertz CT molecular complexity index is 1090. The van der Waals surface area contributed by atoms with Gasteiger partial charge in [0.05, 0.1) is 17.7 Å². The highest BCUT2D eigenvalue weighted by Gasteiger charge is 2.48. The van der Waals surface area contributed by atoms with E-state index in [1.54, 1.807) is 11.0 Å². The molecule has 1 heterocycles. The van der Waals surface area contributed by atoms with E-state index in [9.17, 15) is 14.7 Å². The average Bonchev–Trinajstić information content (AvgIpc) is 3.05. The summed E-state index contributed by atoms with van der Waals surface area (Å²) in [5, 5.41) is 11.4. The van der Waals surface area contributed by atoms with Gasteiger partial charge in [-0.2, -0.15) is 0 Å². The summed E-state index contributed by atoms with van der Waals surface area (Å²) in [6, 6.07) is 12.7. The molecule has 5 nitrogen and oxygen atoms in total. The van der Waals surface area contributed by atoms with Crippen molar-refractivity contribution in [3.8, 4) is 5.75 Å². The Labute approximate surface area is 196 Å². The Balaban J connectivity index is 1.83. The summed E-state index contributed by atoms with van der Waals surface area (Å²) in [6.45, 7) is 7.82. The second-order valence-corrected chi connectivity index (χ2v) is 9.56. The smallest absolute Gasteiger partial charge is 0.295 e. The third-order valence-electron chi connectivity index (χ3n) is 6.62. The van der Waals surface area contributed by atoms with Crippen molar-refractivity contribution in [1.29, 1.82) is 0 Å². The number of hydrogen-bond acceptors (Lipinski definition) is 4. The van der Waals surface area contributed by atoms with Crippen LogP contribution in [0.3, 0.4) is 0 Å². The zero-order valence-electron chi connectivity index (χ0n) is 19.9. The molecule has 2 fully saturated rings. The van der Waals surface area contributed by atoms with Crippen molar-refractivity contribution >= 4 is 17.4 Å². The number of ketones is 1. The van der Waals surface area contributed by atoms with Gasteiger partial charge < -0.3 is 14.7 Å². The van der Waals surface area contributed by atoms with Gasteiger partial charge in [-0.15, -0.1) is 0 Å². The lowest BCUT2D eigenvalue weighted by atomic mass is 9.90. The number of aryl methyl sites for hydroxylation is 2. The predicted molar refractivity (Wildman–Crippen MR) is 129 cm³/mol. The van der Waals surface area contributed by atoms with Crippen LogP contribution in [0.1, 0.15) is 74.2 Å². The van der Waals surface area contributed by atoms with Crippen LogP contribution in [-0.4, -0.2) is 33.8 Å². The molecule has 2 aromatic rings. The molecule has 1 N–H and O–H groups in total. The highest BCUT2D eigenvalue weighted by molar-refractivity contribution is 6.46. The number of aliphatic hydroxyl groups is 1. The maximum atomic E-state index is 13.3. The maximum absolute atomic E-state index is 13.3. The summed E-state index contributed by atoms with van der Waals surface area (Å²) in [7, 11) is 0. The number of hydrogen-bond donors (Lipinski definition) is 1.